The summed E-state index contributed by atoms with van der Waals surface area (Å²) in [7, 11) is 0. The molecule has 0 fully saturated rings. The molecule has 0 unspecified atom stereocenters. The molecule has 118 valence electrons. The minimum absolute atomic E-state index is 0.252. The number of hydrogen-bond acceptors (Lipinski definition) is 2. The standard InChI is InChI=1S/C19H25NO2/c1-2-3-6-13-18-14-9-5-10-15-20(18)19(21)22-16-17-11-7-4-8-12-17/h4,6-8,11-14H,2-3,5,9-10,15-16H2,1H3/b13-6+. The summed E-state index contributed by atoms with van der Waals surface area (Å²) < 4.78 is 5.47. The predicted octanol–water partition coefficient (Wildman–Crippen LogP) is 5.05. The van der Waals surface area contributed by atoms with Crippen LogP contribution in [0, 0.1) is 0 Å². The van der Waals surface area contributed by atoms with Crippen LogP contribution in [-0.2, 0) is 11.3 Å². The lowest BCUT2D eigenvalue weighted by Crippen LogP contribution is -2.30. The Morgan fingerprint density at radius 1 is 1.27 bits per heavy atom. The molecule has 1 aromatic carbocycles. The van der Waals surface area contributed by atoms with Crippen LogP contribution < -0.4 is 0 Å². The van der Waals surface area contributed by atoms with Gasteiger partial charge in [0, 0.05) is 12.2 Å². The molecule has 0 atom stereocenters. The lowest BCUT2D eigenvalue weighted by molar-refractivity contribution is 0.108. The van der Waals surface area contributed by atoms with Crippen molar-refractivity contribution in [1.29, 1.82) is 0 Å². The van der Waals surface area contributed by atoms with E-state index in [0.29, 0.717) is 6.61 Å². The smallest absolute Gasteiger partial charge is 0.414 e. The van der Waals surface area contributed by atoms with Gasteiger partial charge in [0.2, 0.25) is 0 Å². The fourth-order valence-electron chi connectivity index (χ4n) is 2.43. The second-order valence-electron chi connectivity index (χ2n) is 5.51. The Kier molecular flexibility index (Phi) is 6.75. The Bertz CT molecular complexity index is 519. The van der Waals surface area contributed by atoms with Crippen LogP contribution in [0.1, 0.15) is 44.6 Å². The third-order valence-electron chi connectivity index (χ3n) is 3.67. The zero-order chi connectivity index (χ0) is 15.6. The molecule has 1 heterocycles. The van der Waals surface area contributed by atoms with Gasteiger partial charge in [0.15, 0.2) is 0 Å². The van der Waals surface area contributed by atoms with Gasteiger partial charge in [0.05, 0.1) is 0 Å². The Morgan fingerprint density at radius 3 is 2.86 bits per heavy atom. The molecule has 1 aliphatic rings. The van der Waals surface area contributed by atoms with Gasteiger partial charge >= 0.3 is 6.09 Å². The first-order valence-corrected chi connectivity index (χ1v) is 8.16. The van der Waals surface area contributed by atoms with E-state index in [4.69, 9.17) is 4.74 Å². The van der Waals surface area contributed by atoms with Crippen molar-refractivity contribution in [1.82, 2.24) is 4.90 Å². The summed E-state index contributed by atoms with van der Waals surface area (Å²) in [6.07, 6.45) is 11.4. The summed E-state index contributed by atoms with van der Waals surface area (Å²) >= 11 is 0. The highest BCUT2D eigenvalue weighted by atomic mass is 16.6. The van der Waals surface area contributed by atoms with Crippen molar-refractivity contribution >= 4 is 6.09 Å². The van der Waals surface area contributed by atoms with Crippen LogP contribution in [0.15, 0.2) is 54.3 Å². The van der Waals surface area contributed by atoms with Gasteiger partial charge in [-0.1, -0.05) is 55.8 Å². The number of carbonyl (C=O) groups excluding carboxylic acids is 1. The van der Waals surface area contributed by atoms with E-state index < -0.39 is 0 Å². The minimum atomic E-state index is -0.252. The number of benzene rings is 1. The Hall–Kier alpha value is -2.03. The van der Waals surface area contributed by atoms with Crippen LogP contribution in [-0.4, -0.2) is 17.5 Å². The first-order chi connectivity index (χ1) is 10.8. The fourth-order valence-corrected chi connectivity index (χ4v) is 2.43. The molecule has 0 radical (unpaired) electrons. The van der Waals surface area contributed by atoms with E-state index in [-0.39, 0.29) is 6.09 Å². The van der Waals surface area contributed by atoms with Crippen LogP contribution in [0.3, 0.4) is 0 Å². The topological polar surface area (TPSA) is 29.5 Å². The molecular formula is C19H25NO2. The minimum Gasteiger partial charge on any atom is -0.444 e. The van der Waals surface area contributed by atoms with Gasteiger partial charge in [-0.2, -0.15) is 0 Å². The van der Waals surface area contributed by atoms with Crippen molar-refractivity contribution in [3.8, 4) is 0 Å². The molecule has 0 bridgehead atoms. The molecule has 3 nitrogen and oxygen atoms in total. The third kappa shape index (κ3) is 5.06. The monoisotopic (exact) mass is 299 g/mol. The maximum Gasteiger partial charge on any atom is 0.414 e. The van der Waals surface area contributed by atoms with Crippen LogP contribution >= 0.6 is 0 Å². The first-order valence-electron chi connectivity index (χ1n) is 8.16. The molecule has 1 aliphatic heterocycles. The molecule has 3 heteroatoms. The van der Waals surface area contributed by atoms with Gasteiger partial charge in [0.1, 0.15) is 6.61 Å². The van der Waals surface area contributed by atoms with Crippen molar-refractivity contribution in [2.24, 2.45) is 0 Å². The average Bonchev–Trinajstić information content (AvgIpc) is 2.79. The van der Waals surface area contributed by atoms with Gasteiger partial charge in [-0.15, -0.1) is 0 Å². The Labute approximate surface area is 133 Å². The highest BCUT2D eigenvalue weighted by Gasteiger charge is 2.19. The van der Waals surface area contributed by atoms with Gasteiger partial charge < -0.3 is 4.74 Å². The van der Waals surface area contributed by atoms with Crippen molar-refractivity contribution < 1.29 is 9.53 Å². The van der Waals surface area contributed by atoms with Crippen LogP contribution in [0.25, 0.3) is 0 Å². The zero-order valence-corrected chi connectivity index (χ0v) is 13.3. The van der Waals surface area contributed by atoms with Gasteiger partial charge in [-0.25, -0.2) is 4.79 Å². The number of carbonyl (C=O) groups is 1. The molecule has 1 aromatic rings. The van der Waals surface area contributed by atoms with E-state index in [1.807, 2.05) is 30.3 Å². The van der Waals surface area contributed by atoms with E-state index in [1.165, 1.54) is 0 Å². The van der Waals surface area contributed by atoms with Gasteiger partial charge in [-0.3, -0.25) is 4.90 Å². The molecule has 22 heavy (non-hydrogen) atoms. The zero-order valence-electron chi connectivity index (χ0n) is 13.3. The van der Waals surface area contributed by atoms with E-state index in [0.717, 1.165) is 49.9 Å². The number of allylic oxidation sites excluding steroid dienone is 3. The van der Waals surface area contributed by atoms with E-state index in [1.54, 1.807) is 4.90 Å². The molecule has 0 aliphatic carbocycles. The molecule has 1 amide bonds. The summed E-state index contributed by atoms with van der Waals surface area (Å²) in [5.74, 6) is 0. The van der Waals surface area contributed by atoms with E-state index in [2.05, 4.69) is 25.2 Å². The van der Waals surface area contributed by atoms with Crippen molar-refractivity contribution in [3.05, 3.63) is 59.8 Å². The molecular weight excluding hydrogens is 274 g/mol. The second-order valence-corrected chi connectivity index (χ2v) is 5.51. The summed E-state index contributed by atoms with van der Waals surface area (Å²) in [5, 5.41) is 0. The lowest BCUT2D eigenvalue weighted by atomic mass is 10.2. The Morgan fingerprint density at radius 2 is 2.09 bits per heavy atom. The van der Waals surface area contributed by atoms with Crippen molar-refractivity contribution in [2.45, 2.75) is 45.6 Å². The summed E-state index contributed by atoms with van der Waals surface area (Å²) in [6.45, 7) is 3.20. The van der Waals surface area contributed by atoms with E-state index in [9.17, 15) is 4.79 Å². The highest BCUT2D eigenvalue weighted by molar-refractivity contribution is 5.70. The second kappa shape index (κ2) is 9.08. The van der Waals surface area contributed by atoms with Crippen LogP contribution in [0.5, 0.6) is 0 Å². The SMILES string of the molecule is CCC/C=C/C1=CCCCCN1C(=O)OCc1ccccc1. The molecule has 2 rings (SSSR count). The molecule has 0 aromatic heterocycles. The number of unbranched alkanes of at least 4 members (excludes halogenated alkanes) is 1. The fraction of sp³-hybridized carbons (Fsp3) is 0.421. The van der Waals surface area contributed by atoms with Crippen LogP contribution in [0.4, 0.5) is 4.79 Å². The number of ether oxygens (including phenoxy) is 1. The maximum absolute atomic E-state index is 12.4. The Balaban J connectivity index is 1.98. The summed E-state index contributed by atoms with van der Waals surface area (Å²) in [5.41, 5.74) is 1.99. The number of hydrogen-bond donors (Lipinski definition) is 0. The quantitative estimate of drug-likeness (QED) is 0.761. The normalized spacial score (nSPS) is 15.5. The van der Waals surface area contributed by atoms with Gasteiger partial charge in [0.25, 0.3) is 0 Å². The summed E-state index contributed by atoms with van der Waals surface area (Å²) in [6, 6.07) is 9.79. The van der Waals surface area contributed by atoms with E-state index >= 15 is 0 Å². The van der Waals surface area contributed by atoms with Crippen LogP contribution in [0.2, 0.25) is 0 Å². The van der Waals surface area contributed by atoms with Gasteiger partial charge in [-0.05, 0) is 37.3 Å². The average molecular weight is 299 g/mol. The lowest BCUT2D eigenvalue weighted by Gasteiger charge is -2.21. The summed E-state index contributed by atoms with van der Waals surface area (Å²) in [4.78, 5) is 14.2. The van der Waals surface area contributed by atoms with Crippen molar-refractivity contribution in [2.75, 3.05) is 6.54 Å². The molecule has 0 N–H and O–H groups in total. The van der Waals surface area contributed by atoms with Crippen molar-refractivity contribution in [3.63, 3.8) is 0 Å². The maximum atomic E-state index is 12.4. The first kappa shape index (κ1) is 16.3. The number of nitrogens with zero attached hydrogens (tertiary/aromatic N) is 1. The largest absolute Gasteiger partial charge is 0.444 e. The predicted molar refractivity (Wildman–Crippen MR) is 89.3 cm³/mol. The number of amides is 1. The third-order valence-corrected chi connectivity index (χ3v) is 3.67. The highest BCUT2D eigenvalue weighted by Crippen LogP contribution is 2.18. The molecule has 0 saturated carbocycles. The number of rotatable bonds is 5. The molecule has 0 saturated heterocycles. The molecule has 0 spiro atoms.